The van der Waals surface area contributed by atoms with Crippen LogP contribution in [0.3, 0.4) is 0 Å². The Bertz CT molecular complexity index is 730. The van der Waals surface area contributed by atoms with E-state index >= 15 is 0 Å². The number of hydrogen-bond acceptors (Lipinski definition) is 4. The molecule has 0 radical (unpaired) electrons. The van der Waals surface area contributed by atoms with Gasteiger partial charge in [0, 0.05) is 24.2 Å². The zero-order chi connectivity index (χ0) is 17.7. The van der Waals surface area contributed by atoms with Crippen molar-refractivity contribution in [1.29, 1.82) is 0 Å². The van der Waals surface area contributed by atoms with E-state index < -0.39 is 5.97 Å². The molecule has 0 bridgehead atoms. The zero-order valence-corrected chi connectivity index (χ0v) is 14.2. The molecule has 2 aromatic rings. The number of carbonyl (C=O) groups excluding carboxylic acids is 1. The van der Waals surface area contributed by atoms with Crippen LogP contribution < -0.4 is 0 Å². The largest absolute Gasteiger partial charge is 0.478 e. The van der Waals surface area contributed by atoms with Crippen LogP contribution in [0.2, 0.25) is 0 Å². The monoisotopic (exact) mass is 330 g/mol. The number of carboxylic acids is 1. The van der Waals surface area contributed by atoms with Crippen LogP contribution in [0, 0.1) is 6.92 Å². The van der Waals surface area contributed by atoms with Gasteiger partial charge in [-0.2, -0.15) is 0 Å². The molecule has 0 unspecified atom stereocenters. The number of aromatic nitrogens is 1. The number of rotatable bonds is 7. The van der Waals surface area contributed by atoms with Crippen molar-refractivity contribution >= 4 is 11.9 Å². The summed E-state index contributed by atoms with van der Waals surface area (Å²) in [6.07, 6.45) is 3.16. The minimum atomic E-state index is -1.07. The molecule has 0 aliphatic rings. The molecule has 0 spiro atoms. The van der Waals surface area contributed by atoms with E-state index in [0.29, 0.717) is 35.5 Å². The molecular weight excluding hydrogens is 308 g/mol. The van der Waals surface area contributed by atoms with Crippen LogP contribution in [-0.4, -0.2) is 40.1 Å². The highest BCUT2D eigenvalue weighted by molar-refractivity contribution is 5.99. The first-order chi connectivity index (χ1) is 11.5. The van der Waals surface area contributed by atoms with Crippen LogP contribution in [-0.2, 0) is 0 Å². The van der Waals surface area contributed by atoms with Crippen molar-refractivity contribution in [3.05, 3.63) is 41.3 Å². The maximum Gasteiger partial charge on any atom is 0.335 e. The quantitative estimate of drug-likeness (QED) is 0.838. The topological polar surface area (TPSA) is 83.6 Å². The molecule has 1 aromatic heterocycles. The Kier molecular flexibility index (Phi) is 5.73. The summed E-state index contributed by atoms with van der Waals surface area (Å²) in [7, 11) is 0. The molecule has 1 aromatic carbocycles. The summed E-state index contributed by atoms with van der Waals surface area (Å²) in [5.41, 5.74) is 2.39. The van der Waals surface area contributed by atoms with Gasteiger partial charge in [-0.3, -0.25) is 4.79 Å². The standard InChI is InChI=1S/C18H22N2O4/c1-4-6-20(7-5-2)17(21)14-8-13(9-15(10-14)18(22)23)16-11-24-19-12(16)3/h8-11H,4-7H2,1-3H3,(H,22,23). The Labute approximate surface area is 141 Å². The van der Waals surface area contributed by atoms with Crippen LogP contribution in [0.4, 0.5) is 0 Å². The highest BCUT2D eigenvalue weighted by atomic mass is 16.5. The van der Waals surface area contributed by atoms with Gasteiger partial charge in [-0.1, -0.05) is 19.0 Å². The number of hydrogen-bond donors (Lipinski definition) is 1. The van der Waals surface area contributed by atoms with E-state index in [0.717, 1.165) is 12.8 Å². The summed E-state index contributed by atoms with van der Waals surface area (Å²) in [4.78, 5) is 26.0. The fourth-order valence-electron chi connectivity index (χ4n) is 2.64. The number of aromatic carboxylic acids is 1. The Hall–Kier alpha value is -2.63. The average molecular weight is 330 g/mol. The molecule has 2 rings (SSSR count). The average Bonchev–Trinajstić information content (AvgIpc) is 2.99. The van der Waals surface area contributed by atoms with E-state index in [-0.39, 0.29) is 11.5 Å². The molecule has 24 heavy (non-hydrogen) atoms. The number of aryl methyl sites for hydroxylation is 1. The normalized spacial score (nSPS) is 10.6. The first-order valence-electron chi connectivity index (χ1n) is 8.06. The van der Waals surface area contributed by atoms with Crippen LogP contribution in [0.1, 0.15) is 53.1 Å². The summed E-state index contributed by atoms with van der Waals surface area (Å²) >= 11 is 0. The smallest absolute Gasteiger partial charge is 0.335 e. The van der Waals surface area contributed by atoms with Crippen molar-refractivity contribution < 1.29 is 19.2 Å². The molecule has 1 heterocycles. The summed E-state index contributed by atoms with van der Waals surface area (Å²) < 4.78 is 4.93. The number of benzene rings is 1. The van der Waals surface area contributed by atoms with Crippen LogP contribution in [0.5, 0.6) is 0 Å². The molecule has 0 fully saturated rings. The maximum absolute atomic E-state index is 12.8. The third-order valence-electron chi connectivity index (χ3n) is 3.76. The van der Waals surface area contributed by atoms with Gasteiger partial charge < -0.3 is 14.5 Å². The Morgan fingerprint density at radius 1 is 1.12 bits per heavy atom. The van der Waals surface area contributed by atoms with Crippen molar-refractivity contribution in [3.8, 4) is 11.1 Å². The van der Waals surface area contributed by atoms with Crippen molar-refractivity contribution in [2.45, 2.75) is 33.6 Å². The Morgan fingerprint density at radius 3 is 2.25 bits per heavy atom. The number of carbonyl (C=O) groups is 2. The van der Waals surface area contributed by atoms with E-state index in [1.165, 1.54) is 18.4 Å². The van der Waals surface area contributed by atoms with Gasteiger partial charge in [0.15, 0.2) is 0 Å². The van der Waals surface area contributed by atoms with Gasteiger partial charge in [-0.15, -0.1) is 0 Å². The van der Waals surface area contributed by atoms with E-state index in [1.807, 2.05) is 13.8 Å². The number of nitrogens with zero attached hydrogens (tertiary/aromatic N) is 2. The van der Waals surface area contributed by atoms with E-state index in [1.54, 1.807) is 17.9 Å². The molecule has 1 N–H and O–H groups in total. The van der Waals surface area contributed by atoms with Gasteiger partial charge in [-0.05, 0) is 43.5 Å². The number of amides is 1. The lowest BCUT2D eigenvalue weighted by atomic mass is 9.99. The lowest BCUT2D eigenvalue weighted by Crippen LogP contribution is -2.32. The molecule has 0 aliphatic carbocycles. The second-order valence-corrected chi connectivity index (χ2v) is 5.71. The van der Waals surface area contributed by atoms with Gasteiger partial charge >= 0.3 is 5.97 Å². The molecule has 128 valence electrons. The fraction of sp³-hybridized carbons (Fsp3) is 0.389. The molecule has 0 aliphatic heterocycles. The van der Waals surface area contributed by atoms with Gasteiger partial charge in [0.1, 0.15) is 6.26 Å². The Morgan fingerprint density at radius 2 is 1.75 bits per heavy atom. The van der Waals surface area contributed by atoms with Gasteiger partial charge in [-0.25, -0.2) is 4.79 Å². The lowest BCUT2D eigenvalue weighted by molar-refractivity contribution is 0.0697. The van der Waals surface area contributed by atoms with E-state index in [9.17, 15) is 14.7 Å². The van der Waals surface area contributed by atoms with Crippen LogP contribution in [0.15, 0.2) is 29.0 Å². The highest BCUT2D eigenvalue weighted by Crippen LogP contribution is 2.26. The second kappa shape index (κ2) is 7.77. The zero-order valence-electron chi connectivity index (χ0n) is 14.2. The van der Waals surface area contributed by atoms with Crippen LogP contribution in [0.25, 0.3) is 11.1 Å². The fourth-order valence-corrected chi connectivity index (χ4v) is 2.64. The maximum atomic E-state index is 12.8. The molecule has 0 saturated heterocycles. The molecular formula is C18H22N2O4. The SMILES string of the molecule is CCCN(CCC)C(=O)c1cc(C(=O)O)cc(-c2conc2C)c1. The van der Waals surface area contributed by atoms with Gasteiger partial charge in [0.2, 0.25) is 0 Å². The van der Waals surface area contributed by atoms with E-state index in [4.69, 9.17) is 4.52 Å². The van der Waals surface area contributed by atoms with Crippen molar-refractivity contribution in [2.75, 3.05) is 13.1 Å². The third kappa shape index (κ3) is 3.82. The summed E-state index contributed by atoms with van der Waals surface area (Å²) in [5, 5.41) is 13.2. The lowest BCUT2D eigenvalue weighted by Gasteiger charge is -2.22. The first-order valence-corrected chi connectivity index (χ1v) is 8.06. The molecule has 0 atom stereocenters. The van der Waals surface area contributed by atoms with Gasteiger partial charge in [0.25, 0.3) is 5.91 Å². The first kappa shape index (κ1) is 17.7. The van der Waals surface area contributed by atoms with Crippen molar-refractivity contribution in [2.24, 2.45) is 0 Å². The number of carboxylic acid groups (broad SMARTS) is 1. The minimum Gasteiger partial charge on any atom is -0.478 e. The second-order valence-electron chi connectivity index (χ2n) is 5.71. The molecule has 6 heteroatoms. The third-order valence-corrected chi connectivity index (χ3v) is 3.76. The summed E-state index contributed by atoms with van der Waals surface area (Å²) in [5.74, 6) is -1.23. The summed E-state index contributed by atoms with van der Waals surface area (Å²) in [6, 6.07) is 4.66. The van der Waals surface area contributed by atoms with Crippen LogP contribution >= 0.6 is 0 Å². The predicted molar refractivity (Wildman–Crippen MR) is 90.1 cm³/mol. The molecule has 0 saturated carbocycles. The van der Waals surface area contributed by atoms with Gasteiger partial charge in [0.05, 0.1) is 11.3 Å². The minimum absolute atomic E-state index is 0.0735. The summed E-state index contributed by atoms with van der Waals surface area (Å²) in [6.45, 7) is 7.08. The van der Waals surface area contributed by atoms with Crippen molar-refractivity contribution in [1.82, 2.24) is 10.1 Å². The molecule has 6 nitrogen and oxygen atoms in total. The molecule has 1 amide bonds. The highest BCUT2D eigenvalue weighted by Gasteiger charge is 2.19. The van der Waals surface area contributed by atoms with Crippen molar-refractivity contribution in [3.63, 3.8) is 0 Å². The Balaban J connectivity index is 2.49. The predicted octanol–water partition coefficient (Wildman–Crippen LogP) is 3.61. The van der Waals surface area contributed by atoms with E-state index in [2.05, 4.69) is 5.16 Å².